The van der Waals surface area contributed by atoms with E-state index in [9.17, 15) is 4.79 Å². The van der Waals surface area contributed by atoms with Crippen LogP contribution in [0.1, 0.15) is 11.1 Å². The van der Waals surface area contributed by atoms with Crippen LogP contribution in [0, 0.1) is 0 Å². The predicted octanol–water partition coefficient (Wildman–Crippen LogP) is 3.76. The monoisotopic (exact) mass is 315 g/mol. The van der Waals surface area contributed by atoms with E-state index in [0.29, 0.717) is 11.3 Å². The largest absolute Gasteiger partial charge is 0.424 e. The topological polar surface area (TPSA) is 64.1 Å². The van der Waals surface area contributed by atoms with E-state index in [1.54, 1.807) is 18.5 Å². The quantitative estimate of drug-likeness (QED) is 0.747. The van der Waals surface area contributed by atoms with Gasteiger partial charge < -0.3 is 10.1 Å². The van der Waals surface area contributed by atoms with Gasteiger partial charge in [0.2, 0.25) is 0 Å². The molecule has 4 rings (SSSR count). The highest BCUT2D eigenvalue weighted by Crippen LogP contribution is 2.33. The van der Waals surface area contributed by atoms with Gasteiger partial charge >= 0.3 is 6.01 Å². The van der Waals surface area contributed by atoms with Crippen molar-refractivity contribution < 1.29 is 9.53 Å². The van der Waals surface area contributed by atoms with Crippen LogP contribution >= 0.6 is 0 Å². The third-order valence-electron chi connectivity index (χ3n) is 3.63. The highest BCUT2D eigenvalue weighted by atomic mass is 16.5. The Kier molecular flexibility index (Phi) is 3.51. The first-order chi connectivity index (χ1) is 11.8. The molecule has 0 atom stereocenters. The standard InChI is InChI=1S/C19H13N3O2/c23-18-16(15-7-1-2-8-17(15)22-18)12-13-5-3-6-14(11-13)24-19-20-9-4-10-21-19/h1-12H,(H,22,23). The second-order valence-corrected chi connectivity index (χ2v) is 5.26. The van der Waals surface area contributed by atoms with Crippen molar-refractivity contribution in [3.8, 4) is 11.8 Å². The molecule has 3 aromatic rings. The highest BCUT2D eigenvalue weighted by Gasteiger charge is 2.23. The Morgan fingerprint density at radius 2 is 1.79 bits per heavy atom. The van der Waals surface area contributed by atoms with E-state index in [2.05, 4.69) is 15.3 Å². The first-order valence-corrected chi connectivity index (χ1v) is 7.47. The second-order valence-electron chi connectivity index (χ2n) is 5.26. The Bertz CT molecular complexity index is 936. The number of rotatable bonds is 3. The average Bonchev–Trinajstić information content (AvgIpc) is 2.92. The summed E-state index contributed by atoms with van der Waals surface area (Å²) in [5.41, 5.74) is 3.24. The number of para-hydroxylation sites is 1. The normalized spacial score (nSPS) is 14.3. The number of benzene rings is 2. The number of fused-ring (bicyclic) bond motifs is 1. The number of amides is 1. The lowest BCUT2D eigenvalue weighted by atomic mass is 10.0. The van der Waals surface area contributed by atoms with E-state index in [4.69, 9.17) is 4.74 Å². The van der Waals surface area contributed by atoms with Crippen LogP contribution in [-0.2, 0) is 4.79 Å². The maximum Gasteiger partial charge on any atom is 0.321 e. The van der Waals surface area contributed by atoms with Gasteiger partial charge in [0.15, 0.2) is 0 Å². The summed E-state index contributed by atoms with van der Waals surface area (Å²) in [6.07, 6.45) is 5.09. The minimum atomic E-state index is -0.103. The number of nitrogens with zero attached hydrogens (tertiary/aromatic N) is 2. The number of carbonyl (C=O) groups excluding carboxylic acids is 1. The van der Waals surface area contributed by atoms with E-state index in [-0.39, 0.29) is 11.9 Å². The van der Waals surface area contributed by atoms with Gasteiger partial charge in [-0.2, -0.15) is 0 Å². The molecule has 2 aromatic carbocycles. The summed E-state index contributed by atoms with van der Waals surface area (Å²) in [6, 6.07) is 17.1. The van der Waals surface area contributed by atoms with Crippen molar-refractivity contribution in [1.29, 1.82) is 0 Å². The lowest BCUT2D eigenvalue weighted by molar-refractivity contribution is -0.110. The van der Waals surface area contributed by atoms with Gasteiger partial charge in [0.1, 0.15) is 5.75 Å². The van der Waals surface area contributed by atoms with Gasteiger partial charge in [-0.1, -0.05) is 30.3 Å². The molecule has 116 valence electrons. The fourth-order valence-electron chi connectivity index (χ4n) is 2.56. The van der Waals surface area contributed by atoms with Crippen molar-refractivity contribution >= 4 is 23.2 Å². The Morgan fingerprint density at radius 3 is 2.67 bits per heavy atom. The van der Waals surface area contributed by atoms with Gasteiger partial charge in [-0.25, -0.2) is 9.97 Å². The molecule has 1 amide bonds. The summed E-state index contributed by atoms with van der Waals surface area (Å²) in [5.74, 6) is 0.510. The molecule has 24 heavy (non-hydrogen) atoms. The molecule has 0 unspecified atom stereocenters. The smallest absolute Gasteiger partial charge is 0.321 e. The zero-order valence-corrected chi connectivity index (χ0v) is 12.6. The fourth-order valence-corrected chi connectivity index (χ4v) is 2.56. The summed E-state index contributed by atoms with van der Waals surface area (Å²) in [7, 11) is 0. The van der Waals surface area contributed by atoms with Gasteiger partial charge in [0.25, 0.3) is 5.91 Å². The Morgan fingerprint density at radius 1 is 0.958 bits per heavy atom. The zero-order valence-electron chi connectivity index (χ0n) is 12.6. The molecule has 5 heteroatoms. The molecule has 0 fully saturated rings. The molecule has 5 nitrogen and oxygen atoms in total. The van der Waals surface area contributed by atoms with Crippen LogP contribution in [0.15, 0.2) is 67.0 Å². The molecule has 0 radical (unpaired) electrons. The van der Waals surface area contributed by atoms with E-state index in [1.807, 2.05) is 54.6 Å². The fraction of sp³-hybridized carbons (Fsp3) is 0. The van der Waals surface area contributed by atoms with Crippen LogP contribution in [-0.4, -0.2) is 15.9 Å². The molecule has 1 aromatic heterocycles. The molecule has 0 aliphatic carbocycles. The second kappa shape index (κ2) is 5.96. The SMILES string of the molecule is O=C1Nc2ccccc2C1=Cc1cccc(Oc2ncccn2)c1. The highest BCUT2D eigenvalue weighted by molar-refractivity contribution is 6.34. The van der Waals surface area contributed by atoms with Crippen molar-refractivity contribution in [2.75, 3.05) is 5.32 Å². The number of nitrogens with one attached hydrogen (secondary N) is 1. The first-order valence-electron chi connectivity index (χ1n) is 7.47. The van der Waals surface area contributed by atoms with Crippen LogP contribution < -0.4 is 10.1 Å². The number of hydrogen-bond donors (Lipinski definition) is 1. The molecule has 1 N–H and O–H groups in total. The van der Waals surface area contributed by atoms with E-state index in [1.165, 1.54) is 0 Å². The van der Waals surface area contributed by atoms with E-state index < -0.39 is 0 Å². The summed E-state index contributed by atoms with van der Waals surface area (Å²) >= 11 is 0. The summed E-state index contributed by atoms with van der Waals surface area (Å²) < 4.78 is 5.63. The van der Waals surface area contributed by atoms with Crippen molar-refractivity contribution in [2.45, 2.75) is 0 Å². The molecular weight excluding hydrogens is 302 g/mol. The van der Waals surface area contributed by atoms with Crippen molar-refractivity contribution in [2.24, 2.45) is 0 Å². The predicted molar refractivity (Wildman–Crippen MR) is 91.5 cm³/mol. The van der Waals surface area contributed by atoms with Crippen molar-refractivity contribution in [3.63, 3.8) is 0 Å². The van der Waals surface area contributed by atoms with Crippen LogP contribution in [0.5, 0.6) is 11.8 Å². The molecule has 0 spiro atoms. The van der Waals surface area contributed by atoms with E-state index in [0.717, 1.165) is 16.8 Å². The first kappa shape index (κ1) is 14.1. The van der Waals surface area contributed by atoms with Crippen LogP contribution in [0.4, 0.5) is 5.69 Å². The Hall–Kier alpha value is -3.47. The molecule has 1 aliphatic rings. The minimum Gasteiger partial charge on any atom is -0.424 e. The number of aromatic nitrogens is 2. The van der Waals surface area contributed by atoms with Crippen LogP contribution in [0.3, 0.4) is 0 Å². The zero-order chi connectivity index (χ0) is 16.4. The van der Waals surface area contributed by atoms with Gasteiger partial charge in [-0.05, 0) is 35.9 Å². The summed E-state index contributed by atoms with van der Waals surface area (Å²) in [4.78, 5) is 20.3. The van der Waals surface area contributed by atoms with Gasteiger partial charge in [0, 0.05) is 29.2 Å². The number of hydrogen-bond acceptors (Lipinski definition) is 4. The molecule has 0 bridgehead atoms. The van der Waals surface area contributed by atoms with Gasteiger partial charge in [-0.15, -0.1) is 0 Å². The molecular formula is C19H13N3O2. The molecule has 0 saturated heterocycles. The summed E-state index contributed by atoms with van der Waals surface area (Å²) in [5, 5.41) is 2.86. The number of carbonyl (C=O) groups is 1. The van der Waals surface area contributed by atoms with Gasteiger partial charge in [0.05, 0.1) is 0 Å². The lowest BCUT2D eigenvalue weighted by Gasteiger charge is -2.04. The third-order valence-corrected chi connectivity index (χ3v) is 3.63. The lowest BCUT2D eigenvalue weighted by Crippen LogP contribution is -2.03. The average molecular weight is 315 g/mol. The third kappa shape index (κ3) is 2.75. The molecule has 2 heterocycles. The van der Waals surface area contributed by atoms with Crippen LogP contribution in [0.25, 0.3) is 11.6 Å². The maximum absolute atomic E-state index is 12.2. The molecule has 1 aliphatic heterocycles. The molecule has 0 saturated carbocycles. The van der Waals surface area contributed by atoms with Crippen LogP contribution in [0.2, 0.25) is 0 Å². The van der Waals surface area contributed by atoms with Crippen molar-refractivity contribution in [3.05, 3.63) is 78.1 Å². The van der Waals surface area contributed by atoms with E-state index >= 15 is 0 Å². The number of ether oxygens (including phenoxy) is 1. The Balaban J connectivity index is 1.66. The summed E-state index contributed by atoms with van der Waals surface area (Å²) in [6.45, 7) is 0. The maximum atomic E-state index is 12.2. The Labute approximate surface area is 138 Å². The minimum absolute atomic E-state index is 0.103. The van der Waals surface area contributed by atoms with Gasteiger partial charge in [-0.3, -0.25) is 4.79 Å². The van der Waals surface area contributed by atoms with Crippen molar-refractivity contribution in [1.82, 2.24) is 9.97 Å². The number of anilines is 1.